The summed E-state index contributed by atoms with van der Waals surface area (Å²) in [7, 11) is 0. The molecular formula is C20H25N10O7PS3. The van der Waals surface area contributed by atoms with Gasteiger partial charge < -0.3 is 55.1 Å². The SMILES string of the molecule is Nc1nc2c(ncn2[C@H]2CC(O)[C@@H](COP(O)(=S)OC3C[C@H](n4cnc5c(=S)[nH]c(N)nc54)O[C@@H]3CO)O2)c(=S)[nH]1. The number of nitrogens with two attached hydrogens (primary N) is 2. The van der Waals surface area contributed by atoms with Gasteiger partial charge in [0.15, 0.2) is 11.3 Å². The van der Waals surface area contributed by atoms with E-state index in [0.29, 0.717) is 31.6 Å². The molecule has 6 heterocycles. The normalized spacial score (nSPS) is 28.1. The predicted molar refractivity (Wildman–Crippen MR) is 152 cm³/mol. The standard InChI is InChI=1S/C20H25N10O7PS3/c21-19-25-15-13(17(39)27-19)23-5-29(15)11-1-7(32)10(36-11)4-34-38(33,41)37-8-2-12(35-9(8)3-31)30-6-24-14-16(30)26-20(22)28-18(14)40/h5-12,31-32H,1-4H2,(H,33,41)(H3,21,25,27,39)(H3,22,26,28,40)/t7?,8?,9-,10-,11-,12-,38?/m1/s1. The van der Waals surface area contributed by atoms with Gasteiger partial charge in [-0.1, -0.05) is 24.4 Å². The van der Waals surface area contributed by atoms with Crippen LogP contribution >= 0.6 is 31.2 Å². The maximum Gasteiger partial charge on any atom is 0.324 e. The third-order valence-corrected chi connectivity index (χ3v) is 8.93. The number of anilines is 2. The number of imidazole rings is 2. The van der Waals surface area contributed by atoms with E-state index in [-0.39, 0.29) is 31.3 Å². The smallest absolute Gasteiger partial charge is 0.324 e. The van der Waals surface area contributed by atoms with Crippen LogP contribution in [0, 0.1) is 9.28 Å². The van der Waals surface area contributed by atoms with E-state index in [1.807, 2.05) is 0 Å². The van der Waals surface area contributed by atoms with Crippen LogP contribution in [-0.2, 0) is 30.3 Å². The molecule has 0 radical (unpaired) electrons. The number of rotatable bonds is 8. The molecule has 6 rings (SSSR count). The van der Waals surface area contributed by atoms with Gasteiger partial charge in [-0.3, -0.25) is 9.13 Å². The maximum absolute atomic E-state index is 10.8. The molecule has 0 aliphatic carbocycles. The van der Waals surface area contributed by atoms with E-state index in [0.717, 1.165) is 0 Å². The lowest BCUT2D eigenvalue weighted by Gasteiger charge is -2.24. The number of nitrogens with one attached hydrogen (secondary N) is 2. The summed E-state index contributed by atoms with van der Waals surface area (Å²) in [6.07, 6.45) is -1.40. The van der Waals surface area contributed by atoms with E-state index in [4.69, 9.17) is 66.2 Å². The Morgan fingerprint density at radius 2 is 1.51 bits per heavy atom. The summed E-state index contributed by atoms with van der Waals surface area (Å²) in [6, 6.07) is 0. The van der Waals surface area contributed by atoms with Crippen molar-refractivity contribution >= 4 is 77.2 Å². The molecule has 0 bridgehead atoms. The fraction of sp³-hybridized carbons (Fsp3) is 0.500. The number of hydrogen-bond acceptors (Lipinski definition) is 15. The van der Waals surface area contributed by atoms with Gasteiger partial charge in [0.2, 0.25) is 11.9 Å². The largest absolute Gasteiger partial charge is 0.394 e. The minimum absolute atomic E-state index is 0.108. The highest BCUT2D eigenvalue weighted by Gasteiger charge is 2.42. The molecule has 41 heavy (non-hydrogen) atoms. The van der Waals surface area contributed by atoms with Crippen LogP contribution < -0.4 is 11.5 Å². The average molecular weight is 645 g/mol. The molecular weight excluding hydrogens is 619 g/mol. The first-order valence-corrected chi connectivity index (χ1v) is 15.6. The zero-order valence-electron chi connectivity index (χ0n) is 20.9. The Labute approximate surface area is 245 Å². The number of fused-ring (bicyclic) bond motifs is 2. The van der Waals surface area contributed by atoms with Gasteiger partial charge in [-0.15, -0.1) is 0 Å². The average Bonchev–Trinajstić information content (AvgIpc) is 3.67. The van der Waals surface area contributed by atoms with Gasteiger partial charge >= 0.3 is 6.72 Å². The van der Waals surface area contributed by atoms with Crippen LogP contribution in [0.25, 0.3) is 22.3 Å². The van der Waals surface area contributed by atoms with E-state index in [9.17, 15) is 15.1 Å². The fourth-order valence-corrected chi connectivity index (χ4v) is 6.83. The Hall–Kier alpha value is -2.49. The maximum atomic E-state index is 10.8. The van der Waals surface area contributed by atoms with Crippen molar-refractivity contribution in [1.82, 2.24) is 39.0 Å². The molecule has 2 aliphatic rings. The second-order valence-electron chi connectivity index (χ2n) is 9.44. The number of nitrogens with zero attached hydrogens (tertiary/aromatic N) is 6. The highest BCUT2D eigenvalue weighted by molar-refractivity contribution is 8.07. The number of aliphatic hydroxyl groups is 2. The zero-order chi connectivity index (χ0) is 29.1. The van der Waals surface area contributed by atoms with Crippen molar-refractivity contribution in [3.05, 3.63) is 21.9 Å². The van der Waals surface area contributed by atoms with Gasteiger partial charge in [0.25, 0.3) is 0 Å². The van der Waals surface area contributed by atoms with Crippen molar-refractivity contribution in [1.29, 1.82) is 0 Å². The topological polar surface area (TPSA) is 243 Å². The van der Waals surface area contributed by atoms with E-state index in [1.165, 1.54) is 12.7 Å². The Morgan fingerprint density at radius 1 is 0.976 bits per heavy atom. The number of aliphatic hydroxyl groups excluding tert-OH is 2. The van der Waals surface area contributed by atoms with Gasteiger partial charge in [0.05, 0.1) is 38.1 Å². The van der Waals surface area contributed by atoms with Crippen molar-refractivity contribution in [2.75, 3.05) is 24.7 Å². The fourth-order valence-electron chi connectivity index (χ4n) is 4.86. The molecule has 17 nitrogen and oxygen atoms in total. The Morgan fingerprint density at radius 3 is 2.07 bits per heavy atom. The molecule has 2 fully saturated rings. The number of aromatic nitrogens is 8. The third kappa shape index (κ3) is 5.53. The second kappa shape index (κ2) is 11.0. The Balaban J connectivity index is 1.11. The van der Waals surface area contributed by atoms with Gasteiger partial charge in [0, 0.05) is 12.8 Å². The van der Waals surface area contributed by atoms with Crippen LogP contribution in [0.3, 0.4) is 0 Å². The Bertz CT molecular complexity index is 1780. The monoisotopic (exact) mass is 644 g/mol. The summed E-state index contributed by atoms with van der Waals surface area (Å²) < 4.78 is 27.1. The number of aromatic amines is 2. The van der Waals surface area contributed by atoms with E-state index < -0.39 is 50.2 Å². The van der Waals surface area contributed by atoms with Crippen LogP contribution in [0.2, 0.25) is 0 Å². The molecule has 2 aliphatic heterocycles. The summed E-state index contributed by atoms with van der Waals surface area (Å²) in [5.74, 6) is 0.224. The van der Waals surface area contributed by atoms with Gasteiger partial charge in [-0.25, -0.2) is 9.97 Å². The van der Waals surface area contributed by atoms with Gasteiger partial charge in [-0.05, 0) is 11.8 Å². The van der Waals surface area contributed by atoms with Crippen LogP contribution in [0.4, 0.5) is 11.9 Å². The van der Waals surface area contributed by atoms with E-state index in [2.05, 4.69) is 29.9 Å². The van der Waals surface area contributed by atoms with Crippen LogP contribution in [0.5, 0.6) is 0 Å². The first-order valence-electron chi connectivity index (χ1n) is 12.2. The number of hydrogen-bond donors (Lipinski definition) is 7. The first kappa shape index (κ1) is 28.6. The van der Waals surface area contributed by atoms with E-state index >= 15 is 0 Å². The summed E-state index contributed by atoms with van der Waals surface area (Å²) >= 11 is 15.7. The van der Waals surface area contributed by atoms with Crippen LogP contribution in [-0.4, -0.2) is 91.8 Å². The van der Waals surface area contributed by atoms with Crippen molar-refractivity contribution in [2.24, 2.45) is 0 Å². The molecule has 4 aromatic heterocycles. The minimum atomic E-state index is -3.87. The molecule has 0 saturated carbocycles. The zero-order valence-corrected chi connectivity index (χ0v) is 24.3. The van der Waals surface area contributed by atoms with Gasteiger partial charge in [0.1, 0.15) is 45.0 Å². The molecule has 9 N–H and O–H groups in total. The molecule has 4 aromatic rings. The van der Waals surface area contributed by atoms with Gasteiger partial charge in [-0.2, -0.15) is 9.97 Å². The lowest BCUT2D eigenvalue weighted by molar-refractivity contribution is -0.0507. The lowest BCUT2D eigenvalue weighted by Crippen LogP contribution is -2.29. The lowest BCUT2D eigenvalue weighted by atomic mass is 10.2. The van der Waals surface area contributed by atoms with Crippen molar-refractivity contribution in [2.45, 2.75) is 49.7 Å². The molecule has 220 valence electrons. The quantitative estimate of drug-likeness (QED) is 0.103. The molecule has 3 unspecified atom stereocenters. The predicted octanol–water partition coefficient (Wildman–Crippen LogP) is 0.703. The molecule has 2 saturated heterocycles. The highest BCUT2D eigenvalue weighted by Crippen LogP contribution is 2.49. The summed E-state index contributed by atoms with van der Waals surface area (Å²) in [5.41, 5.74) is 13.2. The molecule has 7 atom stereocenters. The summed E-state index contributed by atoms with van der Waals surface area (Å²) in [4.78, 5) is 33.3. The molecule has 0 spiro atoms. The van der Waals surface area contributed by atoms with Crippen LogP contribution in [0.1, 0.15) is 25.3 Å². The summed E-state index contributed by atoms with van der Waals surface area (Å²) in [5, 5.41) is 20.5. The number of ether oxygens (including phenoxy) is 2. The third-order valence-electron chi connectivity index (χ3n) is 6.76. The number of nitrogen functional groups attached to an aromatic ring is 2. The van der Waals surface area contributed by atoms with Crippen LogP contribution in [0.15, 0.2) is 12.7 Å². The first-order chi connectivity index (χ1) is 19.5. The molecule has 21 heteroatoms. The number of H-pyrrole nitrogens is 2. The van der Waals surface area contributed by atoms with E-state index in [1.54, 1.807) is 9.13 Å². The van der Waals surface area contributed by atoms with Crippen molar-refractivity contribution < 1.29 is 33.6 Å². The van der Waals surface area contributed by atoms with Crippen molar-refractivity contribution in [3.63, 3.8) is 0 Å². The molecule has 0 amide bonds. The van der Waals surface area contributed by atoms with Crippen molar-refractivity contribution in [3.8, 4) is 0 Å². The second-order valence-corrected chi connectivity index (χ2v) is 13.0. The minimum Gasteiger partial charge on any atom is -0.394 e. The molecule has 0 aromatic carbocycles. The summed E-state index contributed by atoms with van der Waals surface area (Å²) in [6.45, 7) is -4.54. The highest BCUT2D eigenvalue weighted by atomic mass is 32.5. The Kier molecular flexibility index (Phi) is 7.66.